The van der Waals surface area contributed by atoms with Gasteiger partial charge < -0.3 is 0 Å². The van der Waals surface area contributed by atoms with Crippen molar-refractivity contribution in [3.05, 3.63) is 18.3 Å². The van der Waals surface area contributed by atoms with Crippen LogP contribution in [-0.2, 0) is 0 Å². The molecule has 76 valence electrons. The Morgan fingerprint density at radius 1 is 1.50 bits per heavy atom. The molecule has 0 aromatic carbocycles. The van der Waals surface area contributed by atoms with E-state index in [0.717, 1.165) is 0 Å². The van der Waals surface area contributed by atoms with Crippen molar-refractivity contribution in [2.45, 2.75) is 14.8 Å². The molecule has 1 amide bonds. The number of nitrogens with two attached hydrogens (primary N) is 1. The molecular weight excluding hydrogens is 287 g/mol. The van der Waals surface area contributed by atoms with Gasteiger partial charge in [-0.3, -0.25) is 0 Å². The van der Waals surface area contributed by atoms with Crippen LogP contribution in [0.1, 0.15) is 0 Å². The van der Waals surface area contributed by atoms with E-state index in [0.29, 0.717) is 5.88 Å². The Hall–Kier alpha value is -0.781. The maximum atomic E-state index is 10.5. The van der Waals surface area contributed by atoms with E-state index in [4.69, 9.17) is 10.5 Å². The van der Waals surface area contributed by atoms with Crippen molar-refractivity contribution in [3.8, 4) is 5.88 Å². The van der Waals surface area contributed by atoms with Crippen LogP contribution in [0.15, 0.2) is 18.3 Å². The number of rotatable bonds is 2. The number of carbonyl (C=O) groups excluding carboxylic acids is 1. The Labute approximate surface area is 87.3 Å². The number of ether oxygens (including phenoxy) is 1. The van der Waals surface area contributed by atoms with Crippen LogP contribution in [0.3, 0.4) is 0 Å². The molecule has 0 aliphatic carbocycles. The molecule has 0 bridgehead atoms. The van der Waals surface area contributed by atoms with E-state index in [1.165, 1.54) is 3.58 Å². The first kappa shape index (κ1) is 11.3. The molecule has 0 fully saturated rings. The molecule has 1 heterocycles. The average molecular weight is 301 g/mol. The molecule has 0 saturated heterocycles. The number of aromatic nitrogens is 1. The minimum absolute atomic E-state index is 0.293. The van der Waals surface area contributed by atoms with Gasteiger partial charge in [0.05, 0.1) is 0 Å². The van der Waals surface area contributed by atoms with E-state index in [1.54, 1.807) is 12.3 Å². The van der Waals surface area contributed by atoms with Crippen LogP contribution in [-0.4, -0.2) is 29.5 Å². The summed E-state index contributed by atoms with van der Waals surface area (Å²) in [5.41, 5.74) is 4.90. The Balaban J connectivity index is 2.95. The minimum atomic E-state index is -2.10. The molecule has 0 aliphatic heterocycles. The summed E-state index contributed by atoms with van der Waals surface area (Å²) in [6, 6.07) is 3.78. The predicted octanol–water partition coefficient (Wildman–Crippen LogP) is 1.08. The first-order valence-electron chi connectivity index (χ1n) is 4.33. The summed E-state index contributed by atoms with van der Waals surface area (Å²) in [4.78, 5) is 21.2. The van der Waals surface area contributed by atoms with Crippen LogP contribution in [0.4, 0.5) is 4.79 Å². The fourth-order valence-corrected chi connectivity index (χ4v) is 4.26. The van der Waals surface area contributed by atoms with Crippen LogP contribution in [0, 0.1) is 0 Å². The third-order valence-electron chi connectivity index (χ3n) is 1.81. The van der Waals surface area contributed by atoms with E-state index >= 15 is 0 Å². The monoisotopic (exact) mass is 302 g/mol. The zero-order chi connectivity index (χ0) is 10.8. The van der Waals surface area contributed by atoms with Crippen molar-refractivity contribution in [3.63, 3.8) is 0 Å². The second-order valence-corrected chi connectivity index (χ2v) is 18.5. The van der Waals surface area contributed by atoms with Crippen LogP contribution >= 0.6 is 0 Å². The van der Waals surface area contributed by atoms with Crippen molar-refractivity contribution in [1.29, 1.82) is 0 Å². The SMILES string of the molecule is [CH3][Sn]([CH3])([CH3])[c]1ccnc(OC(N)=O)c1. The summed E-state index contributed by atoms with van der Waals surface area (Å²) in [5, 5.41) is 0. The molecule has 4 nitrogen and oxygen atoms in total. The molecule has 0 aliphatic rings. The van der Waals surface area contributed by atoms with Gasteiger partial charge in [0.1, 0.15) is 0 Å². The van der Waals surface area contributed by atoms with Crippen LogP contribution < -0.4 is 14.0 Å². The molecule has 0 saturated carbocycles. The number of hydrogen-bond donors (Lipinski definition) is 1. The maximum absolute atomic E-state index is 10.5. The first-order chi connectivity index (χ1) is 6.39. The third-order valence-corrected chi connectivity index (χ3v) is 7.64. The summed E-state index contributed by atoms with van der Waals surface area (Å²) in [7, 11) is 0. The summed E-state index contributed by atoms with van der Waals surface area (Å²) in [6.45, 7) is 0. The third kappa shape index (κ3) is 3.17. The molecule has 1 aromatic heterocycles. The van der Waals surface area contributed by atoms with Crippen LogP contribution in [0.25, 0.3) is 0 Å². The molecule has 14 heavy (non-hydrogen) atoms. The van der Waals surface area contributed by atoms with Gasteiger partial charge in [-0.25, -0.2) is 0 Å². The van der Waals surface area contributed by atoms with Gasteiger partial charge in [0.2, 0.25) is 0 Å². The number of amides is 1. The van der Waals surface area contributed by atoms with Crippen LogP contribution in [0.5, 0.6) is 5.88 Å². The molecule has 0 radical (unpaired) electrons. The molecule has 5 heteroatoms. The number of hydrogen-bond acceptors (Lipinski definition) is 3. The van der Waals surface area contributed by atoms with Gasteiger partial charge in [-0.2, -0.15) is 0 Å². The van der Waals surface area contributed by atoms with E-state index in [9.17, 15) is 4.79 Å². The van der Waals surface area contributed by atoms with Gasteiger partial charge in [-0.05, 0) is 0 Å². The molecule has 2 N–H and O–H groups in total. The Morgan fingerprint density at radius 3 is 2.64 bits per heavy atom. The Bertz CT molecular complexity index is 347. The van der Waals surface area contributed by atoms with Gasteiger partial charge in [0, 0.05) is 0 Å². The quantitative estimate of drug-likeness (QED) is 0.831. The molecule has 1 aromatic rings. The second-order valence-electron chi connectivity index (χ2n) is 4.05. The summed E-state index contributed by atoms with van der Waals surface area (Å²) in [6.07, 6.45) is 0.828. The van der Waals surface area contributed by atoms with Crippen molar-refractivity contribution in [1.82, 2.24) is 4.98 Å². The normalized spacial score (nSPS) is 11.1. The molecule has 0 atom stereocenters. The topological polar surface area (TPSA) is 65.2 Å². The zero-order valence-electron chi connectivity index (χ0n) is 8.57. The number of nitrogens with zero attached hydrogens (tertiary/aromatic N) is 1. The predicted molar refractivity (Wildman–Crippen MR) is 57.4 cm³/mol. The van der Waals surface area contributed by atoms with Gasteiger partial charge in [0.15, 0.2) is 0 Å². The summed E-state index contributed by atoms with van der Waals surface area (Å²) < 4.78 is 5.97. The van der Waals surface area contributed by atoms with E-state index in [-0.39, 0.29) is 0 Å². The van der Waals surface area contributed by atoms with Crippen molar-refractivity contribution >= 4 is 28.0 Å². The van der Waals surface area contributed by atoms with E-state index in [1.807, 2.05) is 6.07 Å². The van der Waals surface area contributed by atoms with Gasteiger partial charge in [-0.1, -0.05) is 0 Å². The average Bonchev–Trinajstić information content (AvgIpc) is 2.01. The number of carbonyl (C=O) groups is 1. The fourth-order valence-electron chi connectivity index (χ4n) is 1.03. The molecular formula is C9H14N2O2Sn. The number of primary amides is 1. The fraction of sp³-hybridized carbons (Fsp3) is 0.333. The summed E-state index contributed by atoms with van der Waals surface area (Å²) >= 11 is -2.10. The van der Waals surface area contributed by atoms with E-state index in [2.05, 4.69) is 19.8 Å². The molecule has 0 unspecified atom stereocenters. The Morgan fingerprint density at radius 2 is 2.14 bits per heavy atom. The van der Waals surface area contributed by atoms with Gasteiger partial charge >= 0.3 is 87.3 Å². The van der Waals surface area contributed by atoms with Crippen molar-refractivity contribution in [2.75, 3.05) is 0 Å². The Kier molecular flexibility index (Phi) is 3.36. The molecule has 0 spiro atoms. The van der Waals surface area contributed by atoms with Gasteiger partial charge in [0.25, 0.3) is 0 Å². The van der Waals surface area contributed by atoms with Crippen molar-refractivity contribution in [2.24, 2.45) is 5.73 Å². The van der Waals surface area contributed by atoms with Crippen molar-refractivity contribution < 1.29 is 9.53 Å². The zero-order valence-corrected chi connectivity index (χ0v) is 11.4. The summed E-state index contributed by atoms with van der Waals surface area (Å²) in [5.74, 6) is 0.293. The van der Waals surface area contributed by atoms with E-state index < -0.39 is 24.5 Å². The second kappa shape index (κ2) is 4.16. The standard InChI is InChI=1S/C6H5N2O2.3CH3.Sn/c7-6(9)10-5-3-1-2-4-8-5;;;;/h2-4H,(H2,7,9);3*1H3;. The van der Waals surface area contributed by atoms with Crippen LogP contribution in [0.2, 0.25) is 14.8 Å². The first-order valence-corrected chi connectivity index (χ1v) is 14.3. The molecule has 1 rings (SSSR count). The van der Waals surface area contributed by atoms with Gasteiger partial charge in [-0.15, -0.1) is 0 Å². The number of pyridine rings is 1.